The second-order valence-corrected chi connectivity index (χ2v) is 18.9. The zero-order chi connectivity index (χ0) is 43.2. The van der Waals surface area contributed by atoms with E-state index in [-0.39, 0.29) is 11.3 Å². The molecule has 0 unspecified atom stereocenters. The number of aryl methyl sites for hydroxylation is 2. The van der Waals surface area contributed by atoms with E-state index in [1.807, 2.05) is 0 Å². The lowest BCUT2D eigenvalue weighted by atomic mass is 9.66. The van der Waals surface area contributed by atoms with Crippen LogP contribution in [0.1, 0.15) is 83.7 Å². The van der Waals surface area contributed by atoms with E-state index in [0.29, 0.717) is 0 Å². The van der Waals surface area contributed by atoms with Crippen molar-refractivity contribution < 1.29 is 0 Å². The van der Waals surface area contributed by atoms with Crippen molar-refractivity contribution >= 4 is 17.1 Å². The van der Waals surface area contributed by atoms with Crippen LogP contribution in [0, 0.1) is 0 Å². The molecule has 0 aliphatic heterocycles. The Labute approximate surface area is 378 Å². The highest BCUT2D eigenvalue weighted by Crippen LogP contribution is 2.60. The highest BCUT2D eigenvalue weighted by Gasteiger charge is 2.49. The minimum absolute atomic E-state index is 0.137. The summed E-state index contributed by atoms with van der Waals surface area (Å²) in [6.07, 6.45) is 2.04. The van der Waals surface area contributed by atoms with Crippen LogP contribution in [0.25, 0.3) is 44.5 Å². The minimum Gasteiger partial charge on any atom is -0.310 e. The third-order valence-electron chi connectivity index (χ3n) is 14.8. The van der Waals surface area contributed by atoms with E-state index in [4.69, 9.17) is 0 Å². The predicted molar refractivity (Wildman–Crippen MR) is 268 cm³/mol. The minimum atomic E-state index is -0.463. The molecule has 9 aromatic rings. The number of anilines is 3. The summed E-state index contributed by atoms with van der Waals surface area (Å²) in [7, 11) is 0. The molecule has 1 spiro atoms. The molecule has 3 aliphatic carbocycles. The third kappa shape index (κ3) is 5.70. The van der Waals surface area contributed by atoms with Gasteiger partial charge in [-0.25, -0.2) is 0 Å². The van der Waals surface area contributed by atoms with Crippen LogP contribution in [0.5, 0.6) is 0 Å². The Bertz CT molecular complexity index is 3230. The fraction of sp³-hybridized carbons (Fsp3) is 0.143. The van der Waals surface area contributed by atoms with Crippen molar-refractivity contribution in [3.05, 3.63) is 256 Å². The van der Waals surface area contributed by atoms with Crippen LogP contribution in [0.4, 0.5) is 17.1 Å². The number of hydrogen-bond acceptors (Lipinski definition) is 1. The van der Waals surface area contributed by atoms with E-state index in [0.717, 1.165) is 12.8 Å². The summed E-state index contributed by atoms with van der Waals surface area (Å²) in [6, 6.07) is 78.2. The first-order valence-electron chi connectivity index (χ1n) is 23.1. The van der Waals surface area contributed by atoms with Crippen molar-refractivity contribution in [3.8, 4) is 44.5 Å². The SMILES string of the molecule is CC(C)c1cc(-c2ccc(-c3ccccc3)cc2)ccc1N(c1ccc2c(c1)C(C)(C)c1ccccc1-2)c1ccc2c(c1)C1(c3ccccc3CCc3ccccc31)c1ccccc1-2. The van der Waals surface area contributed by atoms with Crippen LogP contribution in [0.15, 0.2) is 206 Å². The van der Waals surface area contributed by atoms with Crippen molar-refractivity contribution in [2.75, 3.05) is 4.90 Å². The molecule has 0 radical (unpaired) electrons. The fourth-order valence-electron chi connectivity index (χ4n) is 11.8. The van der Waals surface area contributed by atoms with E-state index >= 15 is 0 Å². The summed E-state index contributed by atoms with van der Waals surface area (Å²) in [5.74, 6) is 0.266. The zero-order valence-electron chi connectivity index (χ0n) is 37.1. The van der Waals surface area contributed by atoms with E-state index in [9.17, 15) is 0 Å². The van der Waals surface area contributed by atoms with Crippen LogP contribution in [0.3, 0.4) is 0 Å². The zero-order valence-corrected chi connectivity index (χ0v) is 37.1. The number of rotatable bonds is 6. The average molecular weight is 822 g/mol. The van der Waals surface area contributed by atoms with Crippen molar-refractivity contribution in [2.24, 2.45) is 0 Å². The molecule has 1 nitrogen and oxygen atoms in total. The molecule has 1 heteroatoms. The van der Waals surface area contributed by atoms with Gasteiger partial charge in [-0.3, -0.25) is 0 Å². The third-order valence-corrected chi connectivity index (χ3v) is 14.8. The summed E-state index contributed by atoms with van der Waals surface area (Å²) in [5, 5.41) is 0. The number of nitrogens with zero attached hydrogens (tertiary/aromatic N) is 1. The fourth-order valence-corrected chi connectivity index (χ4v) is 11.8. The smallest absolute Gasteiger partial charge is 0.0719 e. The maximum absolute atomic E-state index is 2.57. The van der Waals surface area contributed by atoms with Crippen molar-refractivity contribution in [2.45, 2.75) is 57.3 Å². The topological polar surface area (TPSA) is 3.24 Å². The van der Waals surface area contributed by atoms with Crippen LogP contribution >= 0.6 is 0 Å². The molecular formula is C63H51N. The largest absolute Gasteiger partial charge is 0.310 e. The molecule has 0 N–H and O–H groups in total. The molecule has 0 heterocycles. The summed E-state index contributed by atoms with van der Waals surface area (Å²) in [4.78, 5) is 2.57. The summed E-state index contributed by atoms with van der Waals surface area (Å²) in [5.41, 5.74) is 25.6. The maximum atomic E-state index is 2.57. The first kappa shape index (κ1) is 38.5. The van der Waals surface area contributed by atoms with Gasteiger partial charge in [0.15, 0.2) is 0 Å². The Balaban J connectivity index is 1.09. The summed E-state index contributed by atoms with van der Waals surface area (Å²) >= 11 is 0. The van der Waals surface area contributed by atoms with Gasteiger partial charge in [-0.15, -0.1) is 0 Å². The second-order valence-electron chi connectivity index (χ2n) is 18.9. The van der Waals surface area contributed by atoms with Gasteiger partial charge in [-0.05, 0) is 150 Å². The van der Waals surface area contributed by atoms with Crippen molar-refractivity contribution in [3.63, 3.8) is 0 Å². The number of hydrogen-bond donors (Lipinski definition) is 0. The normalized spacial score (nSPS) is 14.5. The summed E-state index contributed by atoms with van der Waals surface area (Å²) in [6.45, 7) is 9.46. The van der Waals surface area contributed by atoms with Gasteiger partial charge in [0.1, 0.15) is 0 Å². The summed E-state index contributed by atoms with van der Waals surface area (Å²) < 4.78 is 0. The molecule has 0 aromatic heterocycles. The molecule has 64 heavy (non-hydrogen) atoms. The Morgan fingerprint density at radius 3 is 1.45 bits per heavy atom. The first-order valence-corrected chi connectivity index (χ1v) is 23.1. The Morgan fingerprint density at radius 1 is 0.375 bits per heavy atom. The molecule has 0 fully saturated rings. The van der Waals surface area contributed by atoms with Crippen LogP contribution in [-0.4, -0.2) is 0 Å². The Hall–Kier alpha value is -7.22. The van der Waals surface area contributed by atoms with E-state index in [1.165, 1.54) is 112 Å². The van der Waals surface area contributed by atoms with E-state index in [2.05, 4.69) is 239 Å². The van der Waals surface area contributed by atoms with Crippen LogP contribution < -0.4 is 4.90 Å². The van der Waals surface area contributed by atoms with Gasteiger partial charge in [0, 0.05) is 22.5 Å². The van der Waals surface area contributed by atoms with Crippen LogP contribution in [0.2, 0.25) is 0 Å². The molecule has 9 aromatic carbocycles. The van der Waals surface area contributed by atoms with Crippen molar-refractivity contribution in [1.29, 1.82) is 0 Å². The lowest BCUT2D eigenvalue weighted by Crippen LogP contribution is -2.30. The van der Waals surface area contributed by atoms with Crippen LogP contribution in [-0.2, 0) is 23.7 Å². The van der Waals surface area contributed by atoms with Gasteiger partial charge in [-0.1, -0.05) is 198 Å². The lowest BCUT2D eigenvalue weighted by molar-refractivity contribution is 0.660. The average Bonchev–Trinajstić information content (AvgIpc) is 3.69. The molecule has 0 saturated heterocycles. The Morgan fingerprint density at radius 2 is 0.828 bits per heavy atom. The van der Waals surface area contributed by atoms with E-state index < -0.39 is 5.41 Å². The van der Waals surface area contributed by atoms with Gasteiger partial charge in [-0.2, -0.15) is 0 Å². The van der Waals surface area contributed by atoms with Gasteiger partial charge < -0.3 is 4.90 Å². The molecule has 0 amide bonds. The van der Waals surface area contributed by atoms with Crippen molar-refractivity contribution in [1.82, 2.24) is 0 Å². The molecule has 0 bridgehead atoms. The van der Waals surface area contributed by atoms with Gasteiger partial charge in [0.05, 0.1) is 5.41 Å². The number of fused-ring (bicyclic) bond motifs is 12. The molecular weight excluding hydrogens is 771 g/mol. The van der Waals surface area contributed by atoms with Gasteiger partial charge >= 0.3 is 0 Å². The molecule has 0 atom stereocenters. The number of benzene rings is 9. The van der Waals surface area contributed by atoms with E-state index in [1.54, 1.807) is 0 Å². The lowest BCUT2D eigenvalue weighted by Gasteiger charge is -2.36. The quantitative estimate of drug-likeness (QED) is 0.161. The van der Waals surface area contributed by atoms with Gasteiger partial charge in [0.2, 0.25) is 0 Å². The Kier molecular flexibility index (Phi) is 8.82. The monoisotopic (exact) mass is 821 g/mol. The molecule has 3 aliphatic rings. The maximum Gasteiger partial charge on any atom is 0.0719 e. The molecule has 0 saturated carbocycles. The highest BCUT2D eigenvalue weighted by atomic mass is 15.1. The first-order chi connectivity index (χ1) is 31.3. The van der Waals surface area contributed by atoms with Gasteiger partial charge in [0.25, 0.3) is 0 Å². The molecule has 308 valence electrons. The molecule has 12 rings (SSSR count). The highest BCUT2D eigenvalue weighted by molar-refractivity contribution is 5.92. The standard InChI is InChI=1S/C63H51N/c1-41(2)54-38-47(44-28-26-43(27-29-44)42-16-6-5-7-17-42)32-37-61(54)64(48-33-35-52-50-20-10-14-24-57(50)62(3,4)59(52)39-48)49-34-36-53-51-21-11-15-25-58(51)63(60(53)40-49)55-22-12-8-18-45(55)30-31-46-19-9-13-23-56(46)63/h5-29,32-41H,30-31H2,1-4H3. The predicted octanol–water partition coefficient (Wildman–Crippen LogP) is 16.4. The second kappa shape index (κ2) is 14.7.